The number of furan rings is 1. The minimum absolute atomic E-state index is 0.0765. The molecule has 1 atom stereocenters. The highest BCUT2D eigenvalue weighted by molar-refractivity contribution is 6.16. The van der Waals surface area contributed by atoms with E-state index in [-0.39, 0.29) is 17.8 Å². The molecule has 3 aromatic rings. The Bertz CT molecular complexity index is 1100. The number of aliphatic hydroxyl groups is 1. The molecule has 6 heteroatoms. The summed E-state index contributed by atoms with van der Waals surface area (Å²) in [5.74, 6) is -0.973. The first-order valence-corrected chi connectivity index (χ1v) is 10.1. The Morgan fingerprint density at radius 1 is 1.03 bits per heavy atom. The molecule has 1 N–H and O–H groups in total. The van der Waals surface area contributed by atoms with Crippen LogP contribution in [0.1, 0.15) is 23.8 Å². The highest BCUT2D eigenvalue weighted by Gasteiger charge is 2.45. The minimum atomic E-state index is -0.809. The molecule has 6 nitrogen and oxygen atoms in total. The largest absolute Gasteiger partial charge is 0.503 e. The zero-order valence-electron chi connectivity index (χ0n) is 17.5. The van der Waals surface area contributed by atoms with E-state index in [2.05, 4.69) is 0 Å². The van der Waals surface area contributed by atoms with Crippen LogP contribution in [-0.2, 0) is 16.0 Å². The maximum atomic E-state index is 13.2. The van der Waals surface area contributed by atoms with Gasteiger partial charge >= 0.3 is 0 Å². The van der Waals surface area contributed by atoms with Gasteiger partial charge in [-0.05, 0) is 48.4 Å². The SMILES string of the molecule is CN(C)c1ccc(N2C(=O)C(O)=C(C(=O)CCc3ccccc3)C2c2ccco2)cc1. The quantitative estimate of drug-likeness (QED) is 0.616. The topological polar surface area (TPSA) is 74.0 Å². The summed E-state index contributed by atoms with van der Waals surface area (Å²) in [5, 5.41) is 10.7. The van der Waals surface area contributed by atoms with Crippen LogP contribution in [0.25, 0.3) is 0 Å². The second-order valence-corrected chi connectivity index (χ2v) is 7.67. The third-order valence-corrected chi connectivity index (χ3v) is 5.45. The van der Waals surface area contributed by atoms with Crippen molar-refractivity contribution in [3.05, 3.63) is 95.6 Å². The molecule has 0 aliphatic carbocycles. The average Bonchev–Trinajstić information content (AvgIpc) is 3.40. The van der Waals surface area contributed by atoms with E-state index < -0.39 is 17.7 Å². The number of carbonyl (C=O) groups excluding carboxylic acids is 2. The van der Waals surface area contributed by atoms with Gasteiger partial charge < -0.3 is 14.4 Å². The van der Waals surface area contributed by atoms with Crippen LogP contribution in [-0.4, -0.2) is 30.9 Å². The lowest BCUT2D eigenvalue weighted by Crippen LogP contribution is -2.30. The van der Waals surface area contributed by atoms with Crippen molar-refractivity contribution in [1.29, 1.82) is 0 Å². The number of aliphatic hydroxyl groups excluding tert-OH is 1. The van der Waals surface area contributed by atoms with E-state index in [1.54, 1.807) is 24.3 Å². The molecule has 0 fully saturated rings. The number of nitrogens with zero attached hydrogens (tertiary/aromatic N) is 2. The van der Waals surface area contributed by atoms with E-state index >= 15 is 0 Å². The molecule has 0 saturated carbocycles. The Hall–Kier alpha value is -3.80. The van der Waals surface area contributed by atoms with Crippen molar-refractivity contribution in [3.8, 4) is 0 Å². The van der Waals surface area contributed by atoms with Crippen LogP contribution in [0.15, 0.2) is 88.7 Å². The molecule has 31 heavy (non-hydrogen) atoms. The van der Waals surface area contributed by atoms with E-state index in [9.17, 15) is 14.7 Å². The van der Waals surface area contributed by atoms with Gasteiger partial charge in [-0.1, -0.05) is 30.3 Å². The summed E-state index contributed by atoms with van der Waals surface area (Å²) < 4.78 is 5.57. The molecule has 2 heterocycles. The van der Waals surface area contributed by atoms with E-state index in [1.807, 2.05) is 61.5 Å². The van der Waals surface area contributed by atoms with Gasteiger partial charge in [0.25, 0.3) is 5.91 Å². The first-order chi connectivity index (χ1) is 15.0. The van der Waals surface area contributed by atoms with Gasteiger partial charge in [0.1, 0.15) is 11.8 Å². The highest BCUT2D eigenvalue weighted by atomic mass is 16.3. The molecule has 1 aromatic heterocycles. The van der Waals surface area contributed by atoms with E-state index in [0.29, 0.717) is 17.9 Å². The average molecular weight is 416 g/mol. The molecule has 1 aliphatic rings. The fraction of sp³-hybridized carbons (Fsp3) is 0.200. The molecular formula is C25H24N2O4. The molecule has 2 aromatic carbocycles. The Morgan fingerprint density at radius 2 is 1.74 bits per heavy atom. The van der Waals surface area contributed by atoms with Gasteiger partial charge in [0.15, 0.2) is 11.5 Å². The smallest absolute Gasteiger partial charge is 0.294 e. The summed E-state index contributed by atoms with van der Waals surface area (Å²) in [6.07, 6.45) is 2.20. The second-order valence-electron chi connectivity index (χ2n) is 7.67. The molecule has 0 bridgehead atoms. The predicted octanol–water partition coefficient (Wildman–Crippen LogP) is 4.45. The molecule has 0 saturated heterocycles. The molecule has 4 rings (SSSR count). The maximum absolute atomic E-state index is 13.2. The van der Waals surface area contributed by atoms with Gasteiger partial charge in [0.2, 0.25) is 0 Å². The van der Waals surface area contributed by atoms with Crippen molar-refractivity contribution >= 4 is 23.1 Å². The van der Waals surface area contributed by atoms with Crippen LogP contribution in [0, 0.1) is 0 Å². The van der Waals surface area contributed by atoms with Crippen LogP contribution in [0.4, 0.5) is 11.4 Å². The third-order valence-electron chi connectivity index (χ3n) is 5.45. The van der Waals surface area contributed by atoms with Crippen molar-refractivity contribution < 1.29 is 19.1 Å². The number of amides is 1. The minimum Gasteiger partial charge on any atom is -0.503 e. The summed E-state index contributed by atoms with van der Waals surface area (Å²) in [7, 11) is 3.86. The van der Waals surface area contributed by atoms with Crippen molar-refractivity contribution in [2.24, 2.45) is 0 Å². The molecule has 158 valence electrons. The lowest BCUT2D eigenvalue weighted by Gasteiger charge is -2.25. The van der Waals surface area contributed by atoms with Crippen LogP contribution >= 0.6 is 0 Å². The molecule has 0 radical (unpaired) electrons. The number of carbonyl (C=O) groups is 2. The Balaban J connectivity index is 1.67. The van der Waals surface area contributed by atoms with Crippen LogP contribution < -0.4 is 9.80 Å². The van der Waals surface area contributed by atoms with Crippen LogP contribution in [0.3, 0.4) is 0 Å². The highest BCUT2D eigenvalue weighted by Crippen LogP contribution is 2.41. The lowest BCUT2D eigenvalue weighted by atomic mass is 9.96. The molecule has 1 amide bonds. The Kier molecular flexibility index (Phi) is 5.62. The number of hydrogen-bond donors (Lipinski definition) is 1. The molecule has 0 spiro atoms. The van der Waals surface area contributed by atoms with Gasteiger partial charge in [0.05, 0.1) is 11.8 Å². The lowest BCUT2D eigenvalue weighted by molar-refractivity contribution is -0.118. The fourth-order valence-electron chi connectivity index (χ4n) is 3.82. The maximum Gasteiger partial charge on any atom is 0.294 e. The normalized spacial score (nSPS) is 16.1. The number of anilines is 2. The Labute approximate surface area is 181 Å². The van der Waals surface area contributed by atoms with Gasteiger partial charge in [-0.3, -0.25) is 14.5 Å². The van der Waals surface area contributed by atoms with Gasteiger partial charge in [-0.2, -0.15) is 0 Å². The Morgan fingerprint density at radius 3 is 2.35 bits per heavy atom. The molecule has 1 unspecified atom stereocenters. The summed E-state index contributed by atoms with van der Waals surface area (Å²) in [6.45, 7) is 0. The fourth-order valence-corrected chi connectivity index (χ4v) is 3.82. The predicted molar refractivity (Wildman–Crippen MR) is 119 cm³/mol. The standard InChI is InChI=1S/C25H24N2O4/c1-26(2)18-11-13-19(14-12-18)27-23(21-9-6-16-31-21)22(24(29)25(27)30)20(28)15-10-17-7-4-3-5-8-17/h3-9,11-14,16,23,29H,10,15H2,1-2H3. The summed E-state index contributed by atoms with van der Waals surface area (Å²) in [6, 6.07) is 19.6. The van der Waals surface area contributed by atoms with E-state index in [0.717, 1.165) is 11.3 Å². The van der Waals surface area contributed by atoms with Crippen molar-refractivity contribution in [3.63, 3.8) is 0 Å². The van der Waals surface area contributed by atoms with Crippen molar-refractivity contribution in [2.75, 3.05) is 23.9 Å². The first-order valence-electron chi connectivity index (χ1n) is 10.1. The van der Waals surface area contributed by atoms with Gasteiger partial charge in [-0.25, -0.2) is 0 Å². The summed E-state index contributed by atoms with van der Waals surface area (Å²) >= 11 is 0. The second kappa shape index (κ2) is 8.52. The first kappa shape index (κ1) is 20.5. The summed E-state index contributed by atoms with van der Waals surface area (Å²) in [5.41, 5.74) is 2.65. The van der Waals surface area contributed by atoms with Crippen molar-refractivity contribution in [1.82, 2.24) is 0 Å². The number of ketones is 1. The summed E-state index contributed by atoms with van der Waals surface area (Å²) in [4.78, 5) is 29.6. The number of aryl methyl sites for hydroxylation is 1. The number of hydrogen-bond acceptors (Lipinski definition) is 5. The van der Waals surface area contributed by atoms with E-state index in [1.165, 1.54) is 11.2 Å². The van der Waals surface area contributed by atoms with E-state index in [4.69, 9.17) is 4.42 Å². The van der Waals surface area contributed by atoms with Crippen molar-refractivity contribution in [2.45, 2.75) is 18.9 Å². The monoisotopic (exact) mass is 416 g/mol. The van der Waals surface area contributed by atoms with Gasteiger partial charge in [-0.15, -0.1) is 0 Å². The van der Waals surface area contributed by atoms with Gasteiger partial charge in [0, 0.05) is 31.9 Å². The molecule has 1 aliphatic heterocycles. The third kappa shape index (κ3) is 3.97. The zero-order chi connectivity index (χ0) is 22.0. The number of rotatable bonds is 7. The van der Waals surface area contributed by atoms with Crippen LogP contribution in [0.2, 0.25) is 0 Å². The molecular weight excluding hydrogens is 392 g/mol. The number of Topliss-reactive ketones (excluding diaryl/α,β-unsaturated/α-hetero) is 1. The van der Waals surface area contributed by atoms with Crippen LogP contribution in [0.5, 0.6) is 0 Å². The number of benzene rings is 2. The zero-order valence-corrected chi connectivity index (χ0v) is 17.5.